The Morgan fingerprint density at radius 3 is 2.00 bits per heavy atom. The van der Waals surface area contributed by atoms with Crippen LogP contribution in [0.2, 0.25) is 0 Å². The number of benzene rings is 2. The predicted molar refractivity (Wildman–Crippen MR) is 114 cm³/mol. The van der Waals surface area contributed by atoms with Gasteiger partial charge in [-0.15, -0.1) is 0 Å². The summed E-state index contributed by atoms with van der Waals surface area (Å²) in [5.41, 5.74) is 7.28. The van der Waals surface area contributed by atoms with Crippen LogP contribution in [0.25, 0.3) is 11.2 Å². The van der Waals surface area contributed by atoms with Gasteiger partial charge in [0.2, 0.25) is 0 Å². The van der Waals surface area contributed by atoms with Gasteiger partial charge in [-0.2, -0.15) is 0 Å². The van der Waals surface area contributed by atoms with Gasteiger partial charge in [0, 0.05) is 21.2 Å². The van der Waals surface area contributed by atoms with Gasteiger partial charge in [0.15, 0.2) is 11.5 Å². The van der Waals surface area contributed by atoms with E-state index in [1.54, 1.807) is 6.33 Å². The summed E-state index contributed by atoms with van der Waals surface area (Å²) in [6.45, 7) is 1.55. The van der Waals surface area contributed by atoms with Crippen molar-refractivity contribution in [3.63, 3.8) is 0 Å². The normalized spacial score (nSPS) is 9.77. The molecule has 0 aliphatic carbocycles. The van der Waals surface area contributed by atoms with E-state index >= 15 is 0 Å². The molecule has 2 heterocycles. The van der Waals surface area contributed by atoms with Crippen molar-refractivity contribution in [2.24, 2.45) is 0 Å². The maximum absolute atomic E-state index is 5.86. The van der Waals surface area contributed by atoms with Crippen LogP contribution in [0, 0.1) is 0 Å². The summed E-state index contributed by atoms with van der Waals surface area (Å²) < 4.78 is 2.00. The van der Waals surface area contributed by atoms with Crippen LogP contribution in [0.3, 0.4) is 0 Å². The molecule has 7 N–H and O–H groups in total. The standard InChI is InChI=1S/C19H19N6P.Au.ClH.2H2O/c20-18-17-19(22-13-21-18)25(14-23-17)12-11-24-26(15-7-3-1-4-8-15)16-9-5-2-6-10-16;;;;/h1-10,13-14,24H,11-12H2,(H2,20,21,22);;1H;2*1H2/q;+1;;;/p-1. The summed E-state index contributed by atoms with van der Waals surface area (Å²) in [6.07, 6.45) is 3.24. The predicted octanol–water partition coefficient (Wildman–Crippen LogP) is -2.60. The summed E-state index contributed by atoms with van der Waals surface area (Å²) in [6, 6.07) is 21.1. The third kappa shape index (κ3) is 6.31. The molecule has 8 nitrogen and oxygen atoms in total. The summed E-state index contributed by atoms with van der Waals surface area (Å²) >= 11 is 0. The van der Waals surface area contributed by atoms with Gasteiger partial charge in [-0.25, -0.2) is 15.0 Å². The molecule has 0 spiro atoms. The Balaban J connectivity index is 0.00000210. The molecule has 0 aliphatic heterocycles. The second kappa shape index (κ2) is 13.4. The first kappa shape index (κ1) is 28.1. The van der Waals surface area contributed by atoms with Crippen LogP contribution >= 0.6 is 8.07 Å². The quantitative estimate of drug-likeness (QED) is 0.177. The third-order valence-electron chi connectivity index (χ3n) is 4.08. The zero-order valence-electron chi connectivity index (χ0n) is 15.8. The average molecular weight is 631 g/mol. The number of nitrogens with two attached hydrogens (primary N) is 1. The number of hydrogen-bond acceptors (Lipinski definition) is 5. The summed E-state index contributed by atoms with van der Waals surface area (Å²) in [7, 11) is -0.623. The van der Waals surface area contributed by atoms with Gasteiger partial charge in [0.05, 0.1) is 6.33 Å². The molecule has 0 aliphatic rings. The van der Waals surface area contributed by atoms with Crippen LogP contribution in [-0.4, -0.2) is 37.0 Å². The monoisotopic (exact) mass is 630 g/mol. The van der Waals surface area contributed by atoms with Crippen molar-refractivity contribution in [3.05, 3.63) is 73.3 Å². The molecule has 11 heteroatoms. The largest absolute Gasteiger partial charge is 1.00 e. The number of nitrogen functional groups attached to an aromatic ring is 1. The van der Waals surface area contributed by atoms with Crippen molar-refractivity contribution in [1.29, 1.82) is 0 Å². The van der Waals surface area contributed by atoms with Crippen LogP contribution < -0.4 is 33.8 Å². The minimum atomic E-state index is -0.623. The van der Waals surface area contributed by atoms with Gasteiger partial charge in [-0.05, 0) is 10.6 Å². The Morgan fingerprint density at radius 2 is 1.43 bits per heavy atom. The molecule has 0 saturated carbocycles. The Bertz CT molecular complexity index is 970. The molecule has 4 rings (SSSR count). The number of anilines is 1. The molecule has 0 amide bonds. The van der Waals surface area contributed by atoms with E-state index in [1.165, 1.54) is 16.9 Å². The molecular formula is C19H23AuClN6O2P. The molecule has 0 radical (unpaired) electrons. The zero-order chi connectivity index (χ0) is 17.8. The molecule has 2 aromatic heterocycles. The van der Waals surface area contributed by atoms with Crippen molar-refractivity contribution in [2.75, 3.05) is 12.3 Å². The van der Waals surface area contributed by atoms with E-state index in [0.717, 1.165) is 18.7 Å². The number of hydrogen-bond donors (Lipinski definition) is 2. The van der Waals surface area contributed by atoms with E-state index in [1.807, 2.05) is 16.7 Å². The number of rotatable bonds is 6. The maximum Gasteiger partial charge on any atom is 1.00 e. The van der Waals surface area contributed by atoms with E-state index in [4.69, 9.17) is 5.73 Å². The Labute approximate surface area is 197 Å². The molecule has 4 aromatic rings. The molecular weight excluding hydrogens is 608 g/mol. The van der Waals surface area contributed by atoms with Crippen molar-refractivity contribution in [3.8, 4) is 0 Å². The number of halogens is 1. The second-order valence-corrected chi connectivity index (χ2v) is 7.80. The maximum atomic E-state index is 5.86. The number of imidazole rings is 1. The van der Waals surface area contributed by atoms with E-state index in [-0.39, 0.29) is 45.7 Å². The Kier molecular flexibility index (Phi) is 12.6. The number of fused-ring (bicyclic) bond motifs is 1. The van der Waals surface area contributed by atoms with Crippen LogP contribution in [0.1, 0.15) is 0 Å². The van der Waals surface area contributed by atoms with Gasteiger partial charge in [-0.3, -0.25) is 5.09 Å². The first-order valence-electron chi connectivity index (χ1n) is 8.38. The van der Waals surface area contributed by atoms with E-state index in [2.05, 4.69) is 68.6 Å². The number of nitrogens with zero attached hydrogens (tertiary/aromatic N) is 4. The number of nitrogens with one attached hydrogen (secondary N) is 1. The van der Waals surface area contributed by atoms with Crippen LogP contribution in [-0.2, 0) is 28.9 Å². The molecule has 0 bridgehead atoms. The van der Waals surface area contributed by atoms with Gasteiger partial charge >= 0.3 is 22.4 Å². The van der Waals surface area contributed by atoms with Gasteiger partial charge < -0.3 is 33.7 Å². The molecule has 0 atom stereocenters. The Hall–Kier alpha value is -1.87. The zero-order valence-corrected chi connectivity index (χ0v) is 19.7. The second-order valence-electron chi connectivity index (χ2n) is 5.78. The van der Waals surface area contributed by atoms with E-state index < -0.39 is 8.07 Å². The fraction of sp³-hybridized carbons (Fsp3) is 0.105. The fourth-order valence-corrected chi connectivity index (χ4v) is 4.76. The molecule has 0 saturated heterocycles. The first-order chi connectivity index (χ1) is 12.8. The van der Waals surface area contributed by atoms with Crippen molar-refractivity contribution < 1.29 is 45.7 Å². The van der Waals surface area contributed by atoms with E-state index in [9.17, 15) is 0 Å². The van der Waals surface area contributed by atoms with Crippen molar-refractivity contribution in [1.82, 2.24) is 24.6 Å². The van der Waals surface area contributed by atoms with Crippen molar-refractivity contribution in [2.45, 2.75) is 6.54 Å². The van der Waals surface area contributed by atoms with Crippen LogP contribution in [0.15, 0.2) is 73.3 Å². The minimum Gasteiger partial charge on any atom is -1.00 e. The van der Waals surface area contributed by atoms with E-state index in [0.29, 0.717) is 11.3 Å². The SMILES string of the molecule is Nc1ncnc2c1ncn2CCNP(c1ccccc1)c1ccccc1.O.O.[Au+].[Cl-]. The summed E-state index contributed by atoms with van der Waals surface area (Å²) in [4.78, 5) is 12.6. The Morgan fingerprint density at radius 1 is 0.867 bits per heavy atom. The molecule has 2 aromatic carbocycles. The number of aromatic nitrogens is 4. The minimum absolute atomic E-state index is 0. The molecule has 0 fully saturated rings. The smallest absolute Gasteiger partial charge is 1.00 e. The first-order valence-corrected chi connectivity index (χ1v) is 9.72. The average Bonchev–Trinajstić information content (AvgIpc) is 3.11. The van der Waals surface area contributed by atoms with Gasteiger partial charge in [0.25, 0.3) is 0 Å². The molecule has 0 unspecified atom stereocenters. The van der Waals surface area contributed by atoms with Crippen LogP contribution in [0.4, 0.5) is 5.82 Å². The topological polar surface area (TPSA) is 145 Å². The molecule has 30 heavy (non-hydrogen) atoms. The molecule has 164 valence electrons. The third-order valence-corrected chi connectivity index (χ3v) is 6.25. The fourth-order valence-electron chi connectivity index (χ4n) is 2.83. The summed E-state index contributed by atoms with van der Waals surface area (Å²) in [5.74, 6) is 0.414. The van der Waals surface area contributed by atoms with Crippen molar-refractivity contribution >= 4 is 35.7 Å². The van der Waals surface area contributed by atoms with Gasteiger partial charge in [0.1, 0.15) is 11.8 Å². The van der Waals surface area contributed by atoms with Gasteiger partial charge in [-0.1, -0.05) is 60.7 Å². The summed E-state index contributed by atoms with van der Waals surface area (Å²) in [5, 5.41) is 6.31. The van der Waals surface area contributed by atoms with Crippen LogP contribution in [0.5, 0.6) is 0 Å².